The van der Waals surface area contributed by atoms with Gasteiger partial charge in [0, 0.05) is 29.9 Å². The summed E-state index contributed by atoms with van der Waals surface area (Å²) in [5.41, 5.74) is 1.27. The summed E-state index contributed by atoms with van der Waals surface area (Å²) in [4.78, 5) is 36.6. The molecule has 1 aliphatic heterocycles. The fourth-order valence-electron chi connectivity index (χ4n) is 4.86. The van der Waals surface area contributed by atoms with Gasteiger partial charge in [-0.2, -0.15) is 0 Å². The summed E-state index contributed by atoms with van der Waals surface area (Å²) >= 11 is 0. The molecule has 3 aliphatic rings. The van der Waals surface area contributed by atoms with Crippen LogP contribution in [0.4, 0.5) is 0 Å². The molecule has 6 unspecified atom stereocenters. The van der Waals surface area contributed by atoms with E-state index in [-0.39, 0.29) is 12.0 Å². The lowest BCUT2D eigenvalue weighted by Crippen LogP contribution is -2.56. The van der Waals surface area contributed by atoms with Gasteiger partial charge in [-0.3, -0.25) is 4.79 Å². The van der Waals surface area contributed by atoms with Crippen molar-refractivity contribution in [1.29, 1.82) is 0 Å². The molecule has 2 fully saturated rings. The van der Waals surface area contributed by atoms with Crippen molar-refractivity contribution in [3.05, 3.63) is 34.9 Å². The van der Waals surface area contributed by atoms with E-state index < -0.39 is 53.7 Å². The number of hydrogen-bond donors (Lipinski definition) is 1. The Morgan fingerprint density at radius 1 is 1.31 bits per heavy atom. The summed E-state index contributed by atoms with van der Waals surface area (Å²) in [5, 5.41) is 10.7. The molecule has 0 aromatic rings. The summed E-state index contributed by atoms with van der Waals surface area (Å²) < 4.78 is 17.0. The molecule has 0 aromatic carbocycles. The molecule has 7 nitrogen and oxygen atoms in total. The molecule has 29 heavy (non-hydrogen) atoms. The van der Waals surface area contributed by atoms with Crippen molar-refractivity contribution >= 4 is 17.9 Å². The van der Waals surface area contributed by atoms with E-state index in [2.05, 4.69) is 6.58 Å². The van der Waals surface area contributed by atoms with Crippen LogP contribution < -0.4 is 0 Å². The second-order valence-corrected chi connectivity index (χ2v) is 8.36. The molecule has 7 heteroatoms. The van der Waals surface area contributed by atoms with E-state index >= 15 is 0 Å². The average molecular weight is 404 g/mol. The van der Waals surface area contributed by atoms with Crippen molar-refractivity contribution in [3.8, 4) is 0 Å². The third-order valence-electron chi connectivity index (χ3n) is 6.54. The molecule has 1 saturated carbocycles. The Morgan fingerprint density at radius 2 is 1.97 bits per heavy atom. The zero-order valence-corrected chi connectivity index (χ0v) is 17.5. The number of carbonyl (C=O) groups excluding carboxylic acids is 3. The first-order valence-electron chi connectivity index (χ1n) is 9.81. The third kappa shape index (κ3) is 3.41. The van der Waals surface area contributed by atoms with E-state index in [1.165, 1.54) is 6.92 Å². The molecular formula is C22H28O7. The van der Waals surface area contributed by atoms with Gasteiger partial charge in [-0.1, -0.05) is 19.6 Å². The van der Waals surface area contributed by atoms with Crippen molar-refractivity contribution < 1.29 is 33.7 Å². The van der Waals surface area contributed by atoms with Crippen molar-refractivity contribution in [1.82, 2.24) is 0 Å². The van der Waals surface area contributed by atoms with Crippen LogP contribution >= 0.6 is 0 Å². The van der Waals surface area contributed by atoms with E-state index in [1.807, 2.05) is 6.92 Å². The molecule has 6 atom stereocenters. The molecule has 1 N–H and O–H groups in total. The van der Waals surface area contributed by atoms with Gasteiger partial charge in [0.2, 0.25) is 0 Å². The second kappa shape index (κ2) is 7.44. The number of esters is 3. The summed E-state index contributed by atoms with van der Waals surface area (Å²) in [6, 6.07) is 0. The minimum Gasteiger partial charge on any atom is -0.462 e. The minimum absolute atomic E-state index is 0.228. The summed E-state index contributed by atoms with van der Waals surface area (Å²) in [6.45, 7) is 12.2. The van der Waals surface area contributed by atoms with Crippen LogP contribution in [-0.2, 0) is 28.6 Å². The van der Waals surface area contributed by atoms with Crippen LogP contribution in [0.15, 0.2) is 34.9 Å². The van der Waals surface area contributed by atoms with Gasteiger partial charge in [-0.15, -0.1) is 0 Å². The molecule has 0 spiro atoms. The van der Waals surface area contributed by atoms with Crippen LogP contribution in [0.2, 0.25) is 0 Å². The fraction of sp³-hybridized carbons (Fsp3) is 0.591. The first-order valence-corrected chi connectivity index (χ1v) is 9.81. The van der Waals surface area contributed by atoms with Gasteiger partial charge in [0.25, 0.3) is 0 Å². The Balaban J connectivity index is 2.14. The Labute approximate surface area is 170 Å². The lowest BCUT2D eigenvalue weighted by Gasteiger charge is -2.52. The maximum absolute atomic E-state index is 12.6. The number of ether oxygens (including phenoxy) is 3. The Hall–Kier alpha value is -2.41. The predicted octanol–water partition coefficient (Wildman–Crippen LogP) is 2.39. The highest BCUT2D eigenvalue weighted by molar-refractivity contribution is 5.92. The molecule has 0 aromatic heterocycles. The maximum atomic E-state index is 12.6. The van der Waals surface area contributed by atoms with Crippen molar-refractivity contribution in [3.63, 3.8) is 0 Å². The van der Waals surface area contributed by atoms with Crippen LogP contribution in [0.5, 0.6) is 0 Å². The van der Waals surface area contributed by atoms with Crippen LogP contribution in [0, 0.1) is 11.3 Å². The van der Waals surface area contributed by atoms with Crippen LogP contribution in [0.25, 0.3) is 0 Å². The standard InChI is InChI=1S/C22H28O7/c1-7-10(2)20(25)29-19-17-12(4)21(26)28-15(17)9-22(6)16(27-13(5)23)8-14(24)11(3)18(19)22/h7,14-17,19,24H,4,8-9H2,1-3,5-6H3. The molecule has 158 valence electrons. The Bertz CT molecular complexity index is 836. The zero-order valence-electron chi connectivity index (χ0n) is 17.5. The first kappa shape index (κ1) is 21.3. The minimum atomic E-state index is -0.853. The Morgan fingerprint density at radius 3 is 2.55 bits per heavy atom. The van der Waals surface area contributed by atoms with Crippen LogP contribution in [-0.4, -0.2) is 47.4 Å². The van der Waals surface area contributed by atoms with E-state index in [0.717, 1.165) is 0 Å². The SMILES string of the molecule is C=C1C(=O)OC2CC3(C)C(=C(C)C(O)CC3OC(C)=O)C(OC(=O)C(C)=CC)C12. The highest BCUT2D eigenvalue weighted by Gasteiger charge is 2.61. The number of aliphatic hydroxyl groups excluding tert-OH is 1. The third-order valence-corrected chi connectivity index (χ3v) is 6.54. The van der Waals surface area contributed by atoms with Gasteiger partial charge in [-0.25, -0.2) is 9.59 Å². The number of allylic oxidation sites excluding steroid dienone is 1. The lowest BCUT2D eigenvalue weighted by molar-refractivity contribution is -0.167. The van der Waals surface area contributed by atoms with E-state index in [1.54, 1.807) is 26.8 Å². The predicted molar refractivity (Wildman–Crippen MR) is 103 cm³/mol. The summed E-state index contributed by atoms with van der Waals surface area (Å²) in [6.07, 6.45) is -0.615. The van der Waals surface area contributed by atoms with Crippen molar-refractivity contribution in [2.75, 3.05) is 0 Å². The molecule has 2 aliphatic carbocycles. The first-order chi connectivity index (χ1) is 13.5. The van der Waals surface area contributed by atoms with Crippen molar-refractivity contribution in [2.24, 2.45) is 11.3 Å². The smallest absolute Gasteiger partial charge is 0.334 e. The Kier molecular flexibility index (Phi) is 5.47. The monoisotopic (exact) mass is 404 g/mol. The van der Waals surface area contributed by atoms with Gasteiger partial charge < -0.3 is 19.3 Å². The normalized spacial score (nSPS) is 36.9. The molecule has 3 rings (SSSR count). The highest BCUT2D eigenvalue weighted by Crippen LogP contribution is 2.56. The molecule has 0 radical (unpaired) electrons. The second-order valence-electron chi connectivity index (χ2n) is 8.36. The van der Waals surface area contributed by atoms with Gasteiger partial charge in [-0.05, 0) is 38.3 Å². The number of hydrogen-bond acceptors (Lipinski definition) is 7. The molecule has 0 bridgehead atoms. The fourth-order valence-corrected chi connectivity index (χ4v) is 4.86. The molecule has 1 saturated heterocycles. The van der Waals surface area contributed by atoms with Crippen molar-refractivity contribution in [2.45, 2.75) is 71.9 Å². The van der Waals surface area contributed by atoms with Gasteiger partial charge in [0.1, 0.15) is 18.3 Å². The largest absolute Gasteiger partial charge is 0.462 e. The van der Waals surface area contributed by atoms with Gasteiger partial charge in [0.15, 0.2) is 0 Å². The average Bonchev–Trinajstić information content (AvgIpc) is 2.91. The maximum Gasteiger partial charge on any atom is 0.334 e. The van der Waals surface area contributed by atoms with Crippen LogP contribution in [0.3, 0.4) is 0 Å². The quantitative estimate of drug-likeness (QED) is 0.334. The highest BCUT2D eigenvalue weighted by atomic mass is 16.6. The zero-order chi connectivity index (χ0) is 21.7. The topological polar surface area (TPSA) is 99.1 Å². The molecular weight excluding hydrogens is 376 g/mol. The number of fused-ring (bicyclic) bond motifs is 2. The van der Waals surface area contributed by atoms with E-state index in [0.29, 0.717) is 23.1 Å². The summed E-state index contributed by atoms with van der Waals surface area (Å²) in [5.74, 6) is -2.04. The number of rotatable bonds is 3. The molecule has 1 heterocycles. The number of aliphatic hydroxyl groups is 1. The van der Waals surface area contributed by atoms with E-state index in [9.17, 15) is 19.5 Å². The lowest BCUT2D eigenvalue weighted by atomic mass is 9.57. The van der Waals surface area contributed by atoms with Gasteiger partial charge in [0.05, 0.1) is 12.0 Å². The van der Waals surface area contributed by atoms with E-state index in [4.69, 9.17) is 14.2 Å². The molecule has 0 amide bonds. The van der Waals surface area contributed by atoms with Crippen LogP contribution in [0.1, 0.15) is 47.5 Å². The van der Waals surface area contributed by atoms with Gasteiger partial charge >= 0.3 is 17.9 Å². The summed E-state index contributed by atoms with van der Waals surface area (Å²) in [7, 11) is 0. The number of carbonyl (C=O) groups is 3.